The van der Waals surface area contributed by atoms with Crippen LogP contribution in [0.4, 0.5) is 6.01 Å². The zero-order valence-electron chi connectivity index (χ0n) is 12.4. The number of anilines is 1. The summed E-state index contributed by atoms with van der Waals surface area (Å²) in [5, 5.41) is 3.32. The van der Waals surface area contributed by atoms with Gasteiger partial charge in [-0.25, -0.2) is 4.79 Å². The molecule has 1 fully saturated rings. The van der Waals surface area contributed by atoms with Crippen molar-refractivity contribution in [3.63, 3.8) is 0 Å². The Hall–Kier alpha value is -1.56. The van der Waals surface area contributed by atoms with Gasteiger partial charge in [-0.2, -0.15) is 4.98 Å². The number of aromatic nitrogens is 1. The Morgan fingerprint density at radius 2 is 2.20 bits per heavy atom. The van der Waals surface area contributed by atoms with Crippen LogP contribution in [0, 0.1) is 0 Å². The van der Waals surface area contributed by atoms with E-state index in [1.54, 1.807) is 6.92 Å². The van der Waals surface area contributed by atoms with E-state index in [9.17, 15) is 4.79 Å². The Morgan fingerprint density at radius 3 is 2.80 bits per heavy atom. The Labute approximate surface area is 119 Å². The summed E-state index contributed by atoms with van der Waals surface area (Å²) < 4.78 is 10.3. The minimum Gasteiger partial charge on any atom is -0.461 e. The number of oxazole rings is 1. The van der Waals surface area contributed by atoms with E-state index in [0.29, 0.717) is 24.7 Å². The van der Waals surface area contributed by atoms with Crippen LogP contribution in [-0.2, 0) is 4.74 Å². The van der Waals surface area contributed by atoms with Crippen molar-refractivity contribution in [1.29, 1.82) is 0 Å². The zero-order valence-corrected chi connectivity index (χ0v) is 12.4. The highest BCUT2D eigenvalue weighted by atomic mass is 16.5. The van der Waals surface area contributed by atoms with Gasteiger partial charge in [0.05, 0.1) is 6.61 Å². The van der Waals surface area contributed by atoms with Crippen LogP contribution < -0.4 is 10.2 Å². The number of nitrogens with one attached hydrogen (secondary N) is 1. The van der Waals surface area contributed by atoms with Crippen molar-refractivity contribution in [2.75, 3.05) is 25.6 Å². The summed E-state index contributed by atoms with van der Waals surface area (Å²) in [7, 11) is 3.97. The maximum Gasteiger partial charge on any atom is 0.360 e. The predicted octanol–water partition coefficient (Wildman–Crippen LogP) is 1.82. The quantitative estimate of drug-likeness (QED) is 0.830. The maximum absolute atomic E-state index is 11.6. The summed E-state index contributed by atoms with van der Waals surface area (Å²) >= 11 is 0. The molecule has 20 heavy (non-hydrogen) atoms. The van der Waals surface area contributed by atoms with Gasteiger partial charge in [-0.05, 0) is 39.7 Å². The van der Waals surface area contributed by atoms with Gasteiger partial charge in [0.15, 0.2) is 5.69 Å². The third kappa shape index (κ3) is 3.30. The van der Waals surface area contributed by atoms with Gasteiger partial charge in [0, 0.05) is 19.1 Å². The molecule has 0 bridgehead atoms. The molecule has 0 spiro atoms. The van der Waals surface area contributed by atoms with E-state index in [1.807, 2.05) is 19.0 Å². The third-order valence-electron chi connectivity index (χ3n) is 3.93. The number of carbonyl (C=O) groups excluding carboxylic acids is 1. The largest absolute Gasteiger partial charge is 0.461 e. The first-order valence-electron chi connectivity index (χ1n) is 7.18. The first-order chi connectivity index (χ1) is 9.65. The van der Waals surface area contributed by atoms with E-state index in [0.717, 1.165) is 25.7 Å². The van der Waals surface area contributed by atoms with Crippen LogP contribution in [0.1, 0.15) is 43.1 Å². The van der Waals surface area contributed by atoms with Crippen LogP contribution in [0.3, 0.4) is 0 Å². The predicted molar refractivity (Wildman–Crippen MR) is 76.0 cm³/mol. The van der Waals surface area contributed by atoms with Crippen LogP contribution in [0.5, 0.6) is 0 Å². The number of esters is 1. The van der Waals surface area contributed by atoms with Crippen LogP contribution in [-0.4, -0.2) is 43.7 Å². The molecule has 0 amide bonds. The second kappa shape index (κ2) is 6.74. The lowest BCUT2D eigenvalue weighted by Crippen LogP contribution is -2.40. The summed E-state index contributed by atoms with van der Waals surface area (Å²) in [6.07, 6.45) is 5.86. The molecule has 1 aromatic heterocycles. The fourth-order valence-corrected chi connectivity index (χ4v) is 2.63. The molecule has 1 N–H and O–H groups in total. The van der Waals surface area contributed by atoms with Crippen molar-refractivity contribution < 1.29 is 13.9 Å². The summed E-state index contributed by atoms with van der Waals surface area (Å²) in [4.78, 5) is 17.8. The molecule has 0 saturated heterocycles. The van der Waals surface area contributed by atoms with Gasteiger partial charge in [0.25, 0.3) is 6.01 Å². The first-order valence-corrected chi connectivity index (χ1v) is 7.18. The molecule has 6 nitrogen and oxygen atoms in total. The number of rotatable bonds is 5. The molecule has 1 saturated carbocycles. The van der Waals surface area contributed by atoms with Crippen LogP contribution >= 0.6 is 0 Å². The molecular formula is C14H23N3O3. The van der Waals surface area contributed by atoms with E-state index in [-0.39, 0.29) is 5.69 Å². The second-order valence-electron chi connectivity index (χ2n) is 5.14. The topological polar surface area (TPSA) is 67.6 Å². The maximum atomic E-state index is 11.6. The number of hydrogen-bond donors (Lipinski definition) is 1. The summed E-state index contributed by atoms with van der Waals surface area (Å²) in [6.45, 7) is 2.11. The Morgan fingerprint density at radius 1 is 1.50 bits per heavy atom. The molecule has 1 aliphatic carbocycles. The minimum atomic E-state index is -0.435. The lowest BCUT2D eigenvalue weighted by Gasteiger charge is -2.33. The molecule has 1 aliphatic rings. The Balaban J connectivity index is 1.96. The smallest absolute Gasteiger partial charge is 0.360 e. The highest BCUT2D eigenvalue weighted by Gasteiger charge is 2.26. The number of ether oxygens (including phenoxy) is 1. The van der Waals surface area contributed by atoms with Gasteiger partial charge >= 0.3 is 5.97 Å². The van der Waals surface area contributed by atoms with E-state index in [4.69, 9.17) is 9.15 Å². The van der Waals surface area contributed by atoms with E-state index in [1.165, 1.54) is 6.26 Å². The molecule has 1 aromatic rings. The standard InChI is InChI=1S/C14H23N3O3/c1-4-19-13(18)12-9-20-14(16-12)17(3)11-7-5-10(15-2)6-8-11/h9-11,15H,4-8H2,1-3H3. The average Bonchev–Trinajstić information content (AvgIpc) is 2.97. The lowest BCUT2D eigenvalue weighted by molar-refractivity contribution is 0.0519. The molecule has 0 aromatic carbocycles. The second-order valence-corrected chi connectivity index (χ2v) is 5.14. The van der Waals surface area contributed by atoms with Crippen molar-refractivity contribution in [2.45, 2.75) is 44.7 Å². The Kier molecular flexibility index (Phi) is 5.00. The summed E-state index contributed by atoms with van der Waals surface area (Å²) in [5.41, 5.74) is 0.234. The van der Waals surface area contributed by atoms with E-state index >= 15 is 0 Å². The summed E-state index contributed by atoms with van der Waals surface area (Å²) in [5.74, 6) is -0.435. The van der Waals surface area contributed by atoms with Gasteiger partial charge in [-0.3, -0.25) is 0 Å². The fraction of sp³-hybridized carbons (Fsp3) is 0.714. The third-order valence-corrected chi connectivity index (χ3v) is 3.93. The SMILES string of the molecule is CCOC(=O)c1coc(N(C)C2CCC(NC)CC2)n1. The fourth-order valence-electron chi connectivity index (χ4n) is 2.63. The van der Waals surface area contributed by atoms with Gasteiger partial charge in [-0.1, -0.05) is 0 Å². The zero-order chi connectivity index (χ0) is 14.5. The number of nitrogens with zero attached hydrogens (tertiary/aromatic N) is 2. The molecule has 0 atom stereocenters. The Bertz CT molecular complexity index is 439. The van der Waals surface area contributed by atoms with Gasteiger partial charge in [0.2, 0.25) is 0 Å². The molecule has 0 radical (unpaired) electrons. The first kappa shape index (κ1) is 14.8. The molecule has 2 rings (SSSR count). The molecule has 112 valence electrons. The highest BCUT2D eigenvalue weighted by molar-refractivity contribution is 5.87. The molecule has 6 heteroatoms. The van der Waals surface area contributed by atoms with Gasteiger partial charge in [-0.15, -0.1) is 0 Å². The van der Waals surface area contributed by atoms with Crippen LogP contribution in [0.15, 0.2) is 10.7 Å². The van der Waals surface area contributed by atoms with Crippen molar-refractivity contribution in [3.05, 3.63) is 12.0 Å². The minimum absolute atomic E-state index is 0.234. The van der Waals surface area contributed by atoms with Crippen molar-refractivity contribution in [3.8, 4) is 0 Å². The van der Waals surface area contributed by atoms with Crippen molar-refractivity contribution in [2.24, 2.45) is 0 Å². The van der Waals surface area contributed by atoms with Crippen LogP contribution in [0.2, 0.25) is 0 Å². The monoisotopic (exact) mass is 281 g/mol. The number of hydrogen-bond acceptors (Lipinski definition) is 6. The van der Waals surface area contributed by atoms with Gasteiger partial charge in [0.1, 0.15) is 6.26 Å². The van der Waals surface area contributed by atoms with Crippen molar-refractivity contribution >= 4 is 12.0 Å². The average molecular weight is 281 g/mol. The molecular weight excluding hydrogens is 258 g/mol. The van der Waals surface area contributed by atoms with Crippen molar-refractivity contribution in [1.82, 2.24) is 10.3 Å². The highest BCUT2D eigenvalue weighted by Crippen LogP contribution is 2.26. The molecule has 0 aliphatic heterocycles. The van der Waals surface area contributed by atoms with Crippen LogP contribution in [0.25, 0.3) is 0 Å². The molecule has 0 unspecified atom stereocenters. The summed E-state index contributed by atoms with van der Waals surface area (Å²) in [6, 6.07) is 1.51. The normalized spacial score (nSPS) is 22.6. The molecule has 1 heterocycles. The number of carbonyl (C=O) groups is 1. The van der Waals surface area contributed by atoms with Gasteiger partial charge < -0.3 is 19.4 Å². The van der Waals surface area contributed by atoms with E-state index < -0.39 is 5.97 Å². The lowest BCUT2D eigenvalue weighted by atomic mass is 9.91. The van der Waals surface area contributed by atoms with E-state index in [2.05, 4.69) is 10.3 Å².